The van der Waals surface area contributed by atoms with Crippen LogP contribution in [0.3, 0.4) is 0 Å². The van der Waals surface area contributed by atoms with Crippen LogP contribution in [0.5, 0.6) is 0 Å². The third kappa shape index (κ3) is 2.33. The Kier molecular flexibility index (Phi) is 3.28. The van der Waals surface area contributed by atoms with Crippen molar-refractivity contribution in [3.8, 4) is 0 Å². The number of carbonyl (C=O) groups is 1. The van der Waals surface area contributed by atoms with Gasteiger partial charge in [-0.05, 0) is 55.7 Å². The van der Waals surface area contributed by atoms with Crippen molar-refractivity contribution < 1.29 is 9.18 Å². The molecule has 2 aliphatic rings. The molecule has 0 aromatic heterocycles. The predicted molar refractivity (Wildman–Crippen MR) is 75.6 cm³/mol. The maximum atomic E-state index is 13.1. The molecule has 3 N–H and O–H groups in total. The highest BCUT2D eigenvalue weighted by molar-refractivity contribution is 5.88. The molecule has 1 amide bonds. The average molecular weight is 276 g/mol. The van der Waals surface area contributed by atoms with Gasteiger partial charge in [-0.25, -0.2) is 4.39 Å². The minimum absolute atomic E-state index is 0.0488. The van der Waals surface area contributed by atoms with Gasteiger partial charge in [0.25, 0.3) is 0 Å². The quantitative estimate of drug-likeness (QED) is 0.871. The van der Waals surface area contributed by atoms with Crippen LogP contribution in [0, 0.1) is 11.7 Å². The number of hydrogen-bond acceptors (Lipinski definition) is 2. The first kappa shape index (κ1) is 13.6. The molecule has 0 spiro atoms. The summed E-state index contributed by atoms with van der Waals surface area (Å²) in [6.07, 6.45) is 4.04. The largest absolute Gasteiger partial charge is 0.351 e. The molecule has 1 unspecified atom stereocenters. The highest BCUT2D eigenvalue weighted by Crippen LogP contribution is 2.44. The van der Waals surface area contributed by atoms with Crippen LogP contribution >= 0.6 is 0 Å². The van der Waals surface area contributed by atoms with E-state index in [-0.39, 0.29) is 17.8 Å². The van der Waals surface area contributed by atoms with E-state index in [0.29, 0.717) is 18.3 Å². The summed E-state index contributed by atoms with van der Waals surface area (Å²) in [6, 6.07) is 6.93. The third-order valence-corrected chi connectivity index (χ3v) is 4.86. The smallest absolute Gasteiger partial charge is 0.240 e. The van der Waals surface area contributed by atoms with E-state index in [9.17, 15) is 9.18 Å². The van der Waals surface area contributed by atoms with Gasteiger partial charge in [0.2, 0.25) is 5.91 Å². The zero-order valence-corrected chi connectivity index (χ0v) is 11.7. The first-order valence-electron chi connectivity index (χ1n) is 7.33. The number of carbonyl (C=O) groups excluding carboxylic acids is 1. The number of hydrogen-bond donors (Lipinski definition) is 2. The number of amides is 1. The number of rotatable bonds is 2. The van der Waals surface area contributed by atoms with Crippen molar-refractivity contribution in [3.05, 3.63) is 35.6 Å². The topological polar surface area (TPSA) is 55.1 Å². The minimum atomic E-state index is -0.749. The Labute approximate surface area is 118 Å². The van der Waals surface area contributed by atoms with Crippen molar-refractivity contribution >= 4 is 5.91 Å². The molecule has 1 saturated carbocycles. The highest BCUT2D eigenvalue weighted by Gasteiger charge is 2.45. The van der Waals surface area contributed by atoms with Crippen molar-refractivity contribution in [2.24, 2.45) is 11.7 Å². The monoisotopic (exact) mass is 276 g/mol. The fraction of sp³-hybridized carbons (Fsp3) is 0.562. The molecule has 1 aromatic rings. The van der Waals surface area contributed by atoms with E-state index in [4.69, 9.17) is 5.73 Å². The van der Waals surface area contributed by atoms with Crippen molar-refractivity contribution in [2.45, 2.75) is 50.1 Å². The van der Waals surface area contributed by atoms with Gasteiger partial charge in [0, 0.05) is 6.04 Å². The van der Waals surface area contributed by atoms with Gasteiger partial charge in [0.15, 0.2) is 0 Å². The van der Waals surface area contributed by atoms with Gasteiger partial charge in [0.1, 0.15) is 5.82 Å². The predicted octanol–water partition coefficient (Wildman–Crippen LogP) is 2.32. The van der Waals surface area contributed by atoms with Crippen LogP contribution in [0.15, 0.2) is 24.3 Å². The lowest BCUT2D eigenvalue weighted by Gasteiger charge is -2.26. The molecule has 3 rings (SSSR count). The van der Waals surface area contributed by atoms with Gasteiger partial charge in [-0.15, -0.1) is 0 Å². The van der Waals surface area contributed by atoms with Crippen molar-refractivity contribution in [2.75, 3.05) is 0 Å². The van der Waals surface area contributed by atoms with E-state index in [2.05, 4.69) is 5.32 Å². The van der Waals surface area contributed by atoms with E-state index in [1.165, 1.54) is 17.7 Å². The summed E-state index contributed by atoms with van der Waals surface area (Å²) < 4.78 is 13.1. The Hall–Kier alpha value is -1.42. The van der Waals surface area contributed by atoms with Crippen LogP contribution in [0.25, 0.3) is 0 Å². The van der Waals surface area contributed by atoms with Gasteiger partial charge >= 0.3 is 0 Å². The Morgan fingerprint density at radius 1 is 1.30 bits per heavy atom. The molecular formula is C16H21FN2O. The van der Waals surface area contributed by atoms with Crippen LogP contribution < -0.4 is 11.1 Å². The molecule has 4 heteroatoms. The molecule has 108 valence electrons. The van der Waals surface area contributed by atoms with E-state index >= 15 is 0 Å². The molecule has 4 atom stereocenters. The zero-order valence-electron chi connectivity index (χ0n) is 11.7. The van der Waals surface area contributed by atoms with Crippen molar-refractivity contribution in [1.29, 1.82) is 0 Å². The Bertz CT molecular complexity index is 512. The molecule has 1 saturated heterocycles. The second kappa shape index (κ2) is 4.85. The summed E-state index contributed by atoms with van der Waals surface area (Å²) in [5, 5.41) is 3.06. The minimum Gasteiger partial charge on any atom is -0.351 e. The maximum absolute atomic E-state index is 13.1. The molecule has 2 fully saturated rings. The first-order chi connectivity index (χ1) is 9.47. The lowest BCUT2D eigenvalue weighted by atomic mass is 9.81. The molecule has 1 aromatic carbocycles. The van der Waals surface area contributed by atoms with Gasteiger partial charge in [-0.2, -0.15) is 0 Å². The van der Waals surface area contributed by atoms with E-state index < -0.39 is 5.54 Å². The van der Waals surface area contributed by atoms with E-state index in [1.807, 2.05) is 12.1 Å². The number of benzene rings is 1. The second-order valence-corrected chi connectivity index (χ2v) is 6.45. The van der Waals surface area contributed by atoms with Crippen LogP contribution in [0.2, 0.25) is 0 Å². The molecule has 1 heterocycles. The second-order valence-electron chi connectivity index (χ2n) is 6.45. The molecule has 3 nitrogen and oxygen atoms in total. The number of halogens is 1. The van der Waals surface area contributed by atoms with Crippen LogP contribution in [0.1, 0.15) is 44.1 Å². The third-order valence-electron chi connectivity index (χ3n) is 4.86. The molecular weight excluding hydrogens is 255 g/mol. The maximum Gasteiger partial charge on any atom is 0.240 e. The summed E-state index contributed by atoms with van der Waals surface area (Å²) in [5.41, 5.74) is 6.45. The summed E-state index contributed by atoms with van der Waals surface area (Å²) >= 11 is 0. The Morgan fingerprint density at radius 2 is 2.00 bits per heavy atom. The van der Waals surface area contributed by atoms with E-state index in [1.54, 1.807) is 6.92 Å². The van der Waals surface area contributed by atoms with Crippen LogP contribution in [-0.2, 0) is 4.79 Å². The molecule has 1 aliphatic heterocycles. The Balaban J connectivity index is 1.80. The molecule has 0 bridgehead atoms. The first-order valence-corrected chi connectivity index (χ1v) is 7.33. The van der Waals surface area contributed by atoms with E-state index in [0.717, 1.165) is 19.3 Å². The normalized spacial score (nSPS) is 37.1. The Morgan fingerprint density at radius 3 is 2.60 bits per heavy atom. The highest BCUT2D eigenvalue weighted by atomic mass is 19.1. The standard InChI is InChI=1S/C16H21FN2O/c1-16(18)9-14(19-15(16)20)13-4-2-3-12(13)10-5-7-11(17)8-6-10/h5-8,12-14H,2-4,9,18H2,1H3,(H,19,20)/t12-,13+,14?,16+/m0/s1. The molecule has 1 aliphatic carbocycles. The van der Waals surface area contributed by atoms with Crippen LogP contribution in [-0.4, -0.2) is 17.5 Å². The molecule has 0 radical (unpaired) electrons. The fourth-order valence-electron chi connectivity index (χ4n) is 3.79. The summed E-state index contributed by atoms with van der Waals surface area (Å²) in [7, 11) is 0. The zero-order chi connectivity index (χ0) is 14.3. The SMILES string of the molecule is C[C@@]1(N)CC([C@@H]2CCC[C@H]2c2ccc(F)cc2)NC1=O. The average Bonchev–Trinajstić information content (AvgIpc) is 2.96. The number of nitrogens with one attached hydrogen (secondary N) is 1. The number of nitrogens with two attached hydrogens (primary N) is 1. The summed E-state index contributed by atoms with van der Waals surface area (Å²) in [5.74, 6) is 0.559. The van der Waals surface area contributed by atoms with Gasteiger partial charge < -0.3 is 11.1 Å². The van der Waals surface area contributed by atoms with Gasteiger partial charge in [0.05, 0.1) is 5.54 Å². The molecule has 20 heavy (non-hydrogen) atoms. The lowest BCUT2D eigenvalue weighted by molar-refractivity contribution is -0.123. The lowest BCUT2D eigenvalue weighted by Crippen LogP contribution is -2.43. The fourth-order valence-corrected chi connectivity index (χ4v) is 3.79. The van der Waals surface area contributed by atoms with Crippen molar-refractivity contribution in [3.63, 3.8) is 0 Å². The summed E-state index contributed by atoms with van der Waals surface area (Å²) in [6.45, 7) is 1.80. The van der Waals surface area contributed by atoms with Crippen molar-refractivity contribution in [1.82, 2.24) is 5.32 Å². The summed E-state index contributed by atoms with van der Waals surface area (Å²) in [4.78, 5) is 11.9. The van der Waals surface area contributed by atoms with Crippen LogP contribution in [0.4, 0.5) is 4.39 Å². The van der Waals surface area contributed by atoms with Gasteiger partial charge in [-0.1, -0.05) is 18.6 Å². The van der Waals surface area contributed by atoms with Gasteiger partial charge in [-0.3, -0.25) is 4.79 Å².